The highest BCUT2D eigenvalue weighted by Crippen LogP contribution is 2.24. The molecule has 5 heteroatoms. The molecule has 3 nitrogen and oxygen atoms in total. The first kappa shape index (κ1) is 10.8. The summed E-state index contributed by atoms with van der Waals surface area (Å²) < 4.78 is 0. The summed E-state index contributed by atoms with van der Waals surface area (Å²) in [4.78, 5) is 3.77. The Balaban J connectivity index is 2.88. The van der Waals surface area contributed by atoms with E-state index in [9.17, 15) is 10.2 Å². The van der Waals surface area contributed by atoms with E-state index in [0.29, 0.717) is 10.6 Å². The van der Waals surface area contributed by atoms with Crippen LogP contribution in [-0.2, 0) is 0 Å². The third kappa shape index (κ3) is 2.57. The van der Waals surface area contributed by atoms with E-state index in [4.69, 9.17) is 11.6 Å². The predicted molar refractivity (Wildman–Crippen MR) is 54.1 cm³/mol. The first-order valence-electron chi connectivity index (χ1n) is 3.73. The number of hydrogen-bond donors (Lipinski definition) is 3. The van der Waals surface area contributed by atoms with Crippen molar-refractivity contribution in [1.29, 1.82) is 0 Å². The predicted octanol–water partition coefficient (Wildman–Crippen LogP) is 1.06. The van der Waals surface area contributed by atoms with Crippen molar-refractivity contribution in [3.63, 3.8) is 0 Å². The number of nitrogens with zero attached hydrogens (tertiary/aromatic N) is 1. The fourth-order valence-corrected chi connectivity index (χ4v) is 1.36. The van der Waals surface area contributed by atoms with Gasteiger partial charge in [-0.05, 0) is 6.07 Å². The highest BCUT2D eigenvalue weighted by molar-refractivity contribution is 7.80. The van der Waals surface area contributed by atoms with Gasteiger partial charge in [-0.1, -0.05) is 11.6 Å². The number of halogens is 1. The third-order valence-electron chi connectivity index (χ3n) is 1.67. The summed E-state index contributed by atoms with van der Waals surface area (Å²) in [5, 5.41) is 19.2. The second kappa shape index (κ2) is 4.81. The van der Waals surface area contributed by atoms with E-state index >= 15 is 0 Å². The van der Waals surface area contributed by atoms with Crippen LogP contribution in [0.1, 0.15) is 11.7 Å². The van der Waals surface area contributed by atoms with E-state index in [1.165, 1.54) is 12.4 Å². The molecule has 0 bridgehead atoms. The van der Waals surface area contributed by atoms with Crippen LogP contribution in [-0.4, -0.2) is 27.1 Å². The van der Waals surface area contributed by atoms with Gasteiger partial charge in [0.25, 0.3) is 0 Å². The molecule has 1 aromatic heterocycles. The quantitative estimate of drug-likeness (QED) is 0.667. The van der Waals surface area contributed by atoms with Crippen LogP contribution in [0.4, 0.5) is 0 Å². The molecule has 0 aromatic carbocycles. The molecule has 1 rings (SSSR count). The normalized spacial score (nSPS) is 15.4. The van der Waals surface area contributed by atoms with Gasteiger partial charge in [-0.3, -0.25) is 4.98 Å². The molecule has 0 saturated heterocycles. The summed E-state index contributed by atoms with van der Waals surface area (Å²) in [6.45, 7) is 0. The Morgan fingerprint density at radius 1 is 1.54 bits per heavy atom. The monoisotopic (exact) mass is 219 g/mol. The summed E-state index contributed by atoms with van der Waals surface area (Å²) in [5.41, 5.74) is 0.471. The molecular formula is C8H10ClNO2S. The lowest BCUT2D eigenvalue weighted by molar-refractivity contribution is 0.0338. The summed E-state index contributed by atoms with van der Waals surface area (Å²) in [6, 6.07) is 1.57. The topological polar surface area (TPSA) is 53.4 Å². The molecule has 13 heavy (non-hydrogen) atoms. The van der Waals surface area contributed by atoms with Crippen LogP contribution in [0.2, 0.25) is 5.02 Å². The molecule has 0 saturated carbocycles. The van der Waals surface area contributed by atoms with Crippen molar-refractivity contribution in [2.45, 2.75) is 12.2 Å². The zero-order chi connectivity index (χ0) is 9.84. The average molecular weight is 220 g/mol. The largest absolute Gasteiger partial charge is 0.389 e. The van der Waals surface area contributed by atoms with Crippen molar-refractivity contribution in [2.75, 3.05) is 5.75 Å². The lowest BCUT2D eigenvalue weighted by Crippen LogP contribution is -2.20. The van der Waals surface area contributed by atoms with Gasteiger partial charge in [-0.2, -0.15) is 12.6 Å². The Hall–Kier alpha value is -0.290. The number of aromatic nitrogens is 1. The number of aliphatic hydroxyl groups excluding tert-OH is 2. The maximum absolute atomic E-state index is 9.56. The van der Waals surface area contributed by atoms with Crippen molar-refractivity contribution in [3.8, 4) is 0 Å². The number of hydrogen-bond acceptors (Lipinski definition) is 4. The van der Waals surface area contributed by atoms with E-state index in [-0.39, 0.29) is 5.75 Å². The summed E-state index contributed by atoms with van der Waals surface area (Å²) >= 11 is 9.63. The van der Waals surface area contributed by atoms with E-state index in [1.54, 1.807) is 6.07 Å². The minimum absolute atomic E-state index is 0.180. The van der Waals surface area contributed by atoms with Gasteiger partial charge in [0.2, 0.25) is 0 Å². The van der Waals surface area contributed by atoms with Crippen LogP contribution in [0.15, 0.2) is 18.5 Å². The van der Waals surface area contributed by atoms with E-state index in [2.05, 4.69) is 17.6 Å². The van der Waals surface area contributed by atoms with Gasteiger partial charge in [0, 0.05) is 23.7 Å². The molecule has 72 valence electrons. The van der Waals surface area contributed by atoms with Crippen molar-refractivity contribution in [1.82, 2.24) is 4.98 Å². The third-order valence-corrected chi connectivity index (χ3v) is 2.36. The molecule has 0 radical (unpaired) electrons. The van der Waals surface area contributed by atoms with Crippen molar-refractivity contribution in [2.24, 2.45) is 0 Å². The zero-order valence-electron chi connectivity index (χ0n) is 6.76. The molecule has 2 unspecified atom stereocenters. The molecule has 0 aliphatic heterocycles. The molecule has 1 heterocycles. The molecule has 2 atom stereocenters. The number of rotatable bonds is 3. The van der Waals surface area contributed by atoms with Crippen LogP contribution >= 0.6 is 24.2 Å². The lowest BCUT2D eigenvalue weighted by atomic mass is 10.1. The van der Waals surface area contributed by atoms with E-state index in [1.807, 2.05) is 0 Å². The fourth-order valence-electron chi connectivity index (χ4n) is 0.933. The highest BCUT2D eigenvalue weighted by Gasteiger charge is 2.18. The van der Waals surface area contributed by atoms with Crippen LogP contribution in [0.25, 0.3) is 0 Å². The standard InChI is InChI=1S/C8H10ClNO2S/c9-6-3-10-2-1-5(6)8(12)7(11)4-13/h1-3,7-8,11-13H,4H2. The van der Waals surface area contributed by atoms with Gasteiger partial charge >= 0.3 is 0 Å². The Kier molecular flexibility index (Phi) is 3.99. The summed E-state index contributed by atoms with van der Waals surface area (Å²) in [7, 11) is 0. The van der Waals surface area contributed by atoms with Gasteiger partial charge < -0.3 is 10.2 Å². The van der Waals surface area contributed by atoms with Gasteiger partial charge in [0.05, 0.1) is 11.1 Å². The van der Waals surface area contributed by atoms with Gasteiger partial charge in [0.15, 0.2) is 0 Å². The Morgan fingerprint density at radius 2 is 2.23 bits per heavy atom. The number of aliphatic hydroxyl groups is 2. The van der Waals surface area contributed by atoms with Crippen LogP contribution in [0, 0.1) is 0 Å². The second-order valence-corrected chi connectivity index (χ2v) is 3.36. The molecular weight excluding hydrogens is 210 g/mol. The maximum Gasteiger partial charge on any atom is 0.107 e. The van der Waals surface area contributed by atoms with Crippen molar-refractivity contribution in [3.05, 3.63) is 29.0 Å². The Bertz CT molecular complexity index is 285. The fraction of sp³-hybridized carbons (Fsp3) is 0.375. The minimum Gasteiger partial charge on any atom is -0.389 e. The van der Waals surface area contributed by atoms with Crippen LogP contribution in [0.3, 0.4) is 0 Å². The minimum atomic E-state index is -1.01. The van der Waals surface area contributed by atoms with Crippen LogP contribution in [0.5, 0.6) is 0 Å². The number of pyridine rings is 1. The summed E-state index contributed by atoms with van der Waals surface area (Å²) in [5.74, 6) is 0.180. The zero-order valence-corrected chi connectivity index (χ0v) is 8.41. The van der Waals surface area contributed by atoms with Crippen molar-refractivity contribution >= 4 is 24.2 Å². The van der Waals surface area contributed by atoms with Gasteiger partial charge in [-0.25, -0.2) is 0 Å². The Labute approximate surface area is 86.8 Å². The molecule has 0 fully saturated rings. The SMILES string of the molecule is OC(CS)C(O)c1ccncc1Cl. The smallest absolute Gasteiger partial charge is 0.107 e. The van der Waals surface area contributed by atoms with Crippen molar-refractivity contribution < 1.29 is 10.2 Å². The molecule has 0 aliphatic rings. The first-order chi connectivity index (χ1) is 6.16. The first-order valence-corrected chi connectivity index (χ1v) is 4.74. The maximum atomic E-state index is 9.56. The molecule has 1 aromatic rings. The number of thiol groups is 1. The van der Waals surface area contributed by atoms with E-state index < -0.39 is 12.2 Å². The molecule has 0 aliphatic carbocycles. The molecule has 0 spiro atoms. The van der Waals surface area contributed by atoms with Crippen LogP contribution < -0.4 is 0 Å². The van der Waals surface area contributed by atoms with E-state index in [0.717, 1.165) is 0 Å². The summed E-state index contributed by atoms with van der Waals surface area (Å²) in [6.07, 6.45) is 1.01. The molecule has 0 amide bonds. The Morgan fingerprint density at radius 3 is 2.77 bits per heavy atom. The average Bonchev–Trinajstić information content (AvgIpc) is 2.16. The second-order valence-electron chi connectivity index (χ2n) is 2.59. The van der Waals surface area contributed by atoms with Gasteiger partial charge in [-0.15, -0.1) is 0 Å². The lowest BCUT2D eigenvalue weighted by Gasteiger charge is -2.16. The van der Waals surface area contributed by atoms with Gasteiger partial charge in [0.1, 0.15) is 6.10 Å². The molecule has 2 N–H and O–H groups in total. The highest BCUT2D eigenvalue weighted by atomic mass is 35.5.